The fourth-order valence-corrected chi connectivity index (χ4v) is 3.44. The van der Waals surface area contributed by atoms with E-state index in [-0.39, 0.29) is 5.56 Å². The molecule has 0 aliphatic heterocycles. The van der Waals surface area contributed by atoms with Crippen molar-refractivity contribution in [2.24, 2.45) is 0 Å². The number of rotatable bonds is 1. The van der Waals surface area contributed by atoms with Gasteiger partial charge in [-0.1, -0.05) is 60.7 Å². The van der Waals surface area contributed by atoms with Gasteiger partial charge >= 0.3 is 0 Å². The van der Waals surface area contributed by atoms with Crippen LogP contribution < -0.4 is 5.56 Å². The number of para-hydroxylation sites is 2. The molecule has 0 fully saturated rings. The summed E-state index contributed by atoms with van der Waals surface area (Å²) < 4.78 is 1.71. The van der Waals surface area contributed by atoms with Crippen molar-refractivity contribution in [3.63, 3.8) is 0 Å². The van der Waals surface area contributed by atoms with Gasteiger partial charge in [-0.3, -0.25) is 9.20 Å². The molecule has 0 N–H and O–H groups in total. The van der Waals surface area contributed by atoms with Crippen molar-refractivity contribution in [2.75, 3.05) is 0 Å². The Labute approximate surface area is 143 Å². The van der Waals surface area contributed by atoms with E-state index in [1.807, 2.05) is 66.7 Å². The minimum atomic E-state index is -0.0311. The second-order valence-electron chi connectivity index (χ2n) is 6.07. The predicted octanol–water partition coefficient (Wildman–Crippen LogP) is 4.67. The van der Waals surface area contributed by atoms with Crippen molar-refractivity contribution >= 4 is 27.5 Å². The van der Waals surface area contributed by atoms with Crippen molar-refractivity contribution in [2.45, 2.75) is 0 Å². The standard InChI is InChI=1S/C22H14N2O/c25-22-17-11-4-6-12-19(17)23-21-14-18(15-8-2-1-3-9-15)16-10-5-7-13-20(16)24(21)22/h1-14H. The average molecular weight is 322 g/mol. The van der Waals surface area contributed by atoms with Crippen LogP contribution in [0.1, 0.15) is 0 Å². The zero-order valence-corrected chi connectivity index (χ0v) is 13.4. The molecule has 25 heavy (non-hydrogen) atoms. The average Bonchev–Trinajstić information content (AvgIpc) is 2.68. The maximum atomic E-state index is 13.1. The SMILES string of the molecule is O=c1c2ccccc2nc2cc(-c3ccccc3)c3ccccc3n12. The first-order valence-electron chi connectivity index (χ1n) is 8.21. The molecule has 3 heteroatoms. The highest BCUT2D eigenvalue weighted by atomic mass is 16.1. The summed E-state index contributed by atoms with van der Waals surface area (Å²) in [6, 6.07) is 27.7. The van der Waals surface area contributed by atoms with Gasteiger partial charge in [0.15, 0.2) is 0 Å². The molecule has 0 atom stereocenters. The van der Waals surface area contributed by atoms with Gasteiger partial charge in [0.05, 0.1) is 16.4 Å². The number of nitrogens with zero attached hydrogens (tertiary/aromatic N) is 2. The van der Waals surface area contributed by atoms with Crippen LogP contribution in [0.2, 0.25) is 0 Å². The van der Waals surface area contributed by atoms with Gasteiger partial charge in [-0.25, -0.2) is 4.98 Å². The Bertz CT molecular complexity index is 1300. The fraction of sp³-hybridized carbons (Fsp3) is 0. The molecule has 3 aromatic carbocycles. The van der Waals surface area contributed by atoms with Crippen LogP contribution in [-0.4, -0.2) is 9.38 Å². The third kappa shape index (κ3) is 2.06. The van der Waals surface area contributed by atoms with Crippen molar-refractivity contribution < 1.29 is 0 Å². The molecule has 2 aromatic heterocycles. The van der Waals surface area contributed by atoms with Crippen molar-refractivity contribution in [3.8, 4) is 11.1 Å². The number of aromatic nitrogens is 2. The first kappa shape index (κ1) is 13.9. The third-order valence-electron chi connectivity index (χ3n) is 4.60. The lowest BCUT2D eigenvalue weighted by atomic mass is 10.0. The topological polar surface area (TPSA) is 34.4 Å². The molecule has 3 nitrogen and oxygen atoms in total. The van der Waals surface area contributed by atoms with Gasteiger partial charge in [-0.15, -0.1) is 0 Å². The molecule has 118 valence electrons. The van der Waals surface area contributed by atoms with E-state index in [0.717, 1.165) is 27.5 Å². The van der Waals surface area contributed by atoms with Gasteiger partial charge in [-0.2, -0.15) is 0 Å². The molecule has 0 radical (unpaired) electrons. The summed E-state index contributed by atoms with van der Waals surface area (Å²) in [4.78, 5) is 17.8. The van der Waals surface area contributed by atoms with E-state index in [0.29, 0.717) is 11.0 Å². The van der Waals surface area contributed by atoms with Crippen LogP contribution in [0.4, 0.5) is 0 Å². The van der Waals surface area contributed by atoms with E-state index in [1.165, 1.54) is 0 Å². The van der Waals surface area contributed by atoms with Crippen LogP contribution in [0.3, 0.4) is 0 Å². The molecule has 0 aliphatic rings. The number of hydrogen-bond donors (Lipinski definition) is 0. The zero-order chi connectivity index (χ0) is 16.8. The molecule has 0 amide bonds. The van der Waals surface area contributed by atoms with Crippen molar-refractivity contribution in [1.29, 1.82) is 0 Å². The first-order chi connectivity index (χ1) is 12.3. The second-order valence-corrected chi connectivity index (χ2v) is 6.07. The van der Waals surface area contributed by atoms with Crippen LogP contribution >= 0.6 is 0 Å². The third-order valence-corrected chi connectivity index (χ3v) is 4.60. The maximum Gasteiger partial charge on any atom is 0.266 e. The van der Waals surface area contributed by atoms with E-state index in [9.17, 15) is 4.79 Å². The summed E-state index contributed by atoms with van der Waals surface area (Å²) in [5.41, 5.74) is 4.43. The maximum absolute atomic E-state index is 13.1. The number of hydrogen-bond acceptors (Lipinski definition) is 2. The molecular weight excluding hydrogens is 308 g/mol. The molecule has 0 spiro atoms. The summed E-state index contributed by atoms with van der Waals surface area (Å²) >= 11 is 0. The van der Waals surface area contributed by atoms with Gasteiger partial charge < -0.3 is 0 Å². The second kappa shape index (κ2) is 5.28. The van der Waals surface area contributed by atoms with E-state index in [1.54, 1.807) is 4.40 Å². The quantitative estimate of drug-likeness (QED) is 0.332. The van der Waals surface area contributed by atoms with Gasteiger partial charge in [0.25, 0.3) is 5.56 Å². The van der Waals surface area contributed by atoms with Crippen molar-refractivity contribution in [1.82, 2.24) is 9.38 Å². The zero-order valence-electron chi connectivity index (χ0n) is 13.4. The molecule has 0 aliphatic carbocycles. The van der Waals surface area contributed by atoms with Crippen LogP contribution in [0.25, 0.3) is 38.6 Å². The Morgan fingerprint density at radius 2 is 1.40 bits per heavy atom. The number of benzene rings is 3. The van der Waals surface area contributed by atoms with Crippen LogP contribution in [0.15, 0.2) is 89.7 Å². The minimum absolute atomic E-state index is 0.0311. The van der Waals surface area contributed by atoms with E-state index < -0.39 is 0 Å². The summed E-state index contributed by atoms with van der Waals surface area (Å²) in [5.74, 6) is 0. The van der Waals surface area contributed by atoms with E-state index >= 15 is 0 Å². The van der Waals surface area contributed by atoms with Crippen LogP contribution in [0.5, 0.6) is 0 Å². The molecule has 2 heterocycles. The van der Waals surface area contributed by atoms with E-state index in [4.69, 9.17) is 4.98 Å². The van der Waals surface area contributed by atoms with Crippen LogP contribution in [0, 0.1) is 0 Å². The lowest BCUT2D eigenvalue weighted by Crippen LogP contribution is -2.16. The molecule has 0 saturated carbocycles. The normalized spacial score (nSPS) is 11.4. The summed E-state index contributed by atoms with van der Waals surface area (Å²) in [6.45, 7) is 0. The number of pyridine rings is 1. The molecule has 0 bridgehead atoms. The van der Waals surface area contributed by atoms with Gasteiger partial charge in [0, 0.05) is 5.39 Å². The summed E-state index contributed by atoms with van der Waals surface area (Å²) in [6.07, 6.45) is 0. The van der Waals surface area contributed by atoms with Crippen molar-refractivity contribution in [3.05, 3.63) is 95.3 Å². The highest BCUT2D eigenvalue weighted by molar-refractivity contribution is 5.98. The molecule has 5 rings (SSSR count). The lowest BCUT2D eigenvalue weighted by Gasteiger charge is -2.12. The smallest absolute Gasteiger partial charge is 0.266 e. The van der Waals surface area contributed by atoms with E-state index in [2.05, 4.69) is 18.2 Å². The minimum Gasteiger partial charge on any atom is -0.268 e. The Morgan fingerprint density at radius 1 is 0.720 bits per heavy atom. The van der Waals surface area contributed by atoms with Gasteiger partial charge in [-0.05, 0) is 35.4 Å². The molecule has 5 aromatic rings. The van der Waals surface area contributed by atoms with Gasteiger partial charge in [0.2, 0.25) is 0 Å². The Kier molecular flexibility index (Phi) is 2.94. The lowest BCUT2D eigenvalue weighted by molar-refractivity contribution is 1.13. The molecule has 0 unspecified atom stereocenters. The Balaban J connectivity index is 2.04. The Morgan fingerprint density at radius 3 is 2.24 bits per heavy atom. The monoisotopic (exact) mass is 322 g/mol. The highest BCUT2D eigenvalue weighted by Crippen LogP contribution is 2.29. The largest absolute Gasteiger partial charge is 0.268 e. The first-order valence-corrected chi connectivity index (χ1v) is 8.21. The van der Waals surface area contributed by atoms with Crippen LogP contribution in [-0.2, 0) is 0 Å². The summed E-state index contributed by atoms with van der Waals surface area (Å²) in [7, 11) is 0. The van der Waals surface area contributed by atoms with Gasteiger partial charge in [0.1, 0.15) is 5.65 Å². The Hall–Kier alpha value is -3.46. The molecule has 0 saturated heterocycles. The summed E-state index contributed by atoms with van der Waals surface area (Å²) in [5, 5.41) is 1.68. The highest BCUT2D eigenvalue weighted by Gasteiger charge is 2.12. The molecular formula is C22H14N2O. The fourth-order valence-electron chi connectivity index (χ4n) is 3.44. The number of fused-ring (bicyclic) bond motifs is 4. The predicted molar refractivity (Wildman–Crippen MR) is 102 cm³/mol.